The van der Waals surface area contributed by atoms with Gasteiger partial charge < -0.3 is 10.4 Å². The van der Waals surface area contributed by atoms with Gasteiger partial charge in [0.05, 0.1) is 5.60 Å². The topological polar surface area (TPSA) is 36.8 Å². The Balaban J connectivity index is 1.72. The smallest absolute Gasteiger partial charge is 0.117 e. The number of nitrogens with two attached hydrogens (primary N) is 1. The highest BCUT2D eigenvalue weighted by atomic mass is 35.5. The van der Waals surface area contributed by atoms with E-state index in [1.807, 2.05) is 36.4 Å². The molecular weight excluding hydrogens is 366 g/mol. The molecule has 1 fully saturated rings. The van der Waals surface area contributed by atoms with Crippen LogP contribution in [0.25, 0.3) is 0 Å². The van der Waals surface area contributed by atoms with Gasteiger partial charge in [-0.15, -0.1) is 0 Å². The van der Waals surface area contributed by atoms with Gasteiger partial charge >= 0.3 is 0 Å². The molecule has 0 bridgehead atoms. The number of quaternary nitrogens is 1. The van der Waals surface area contributed by atoms with Crippen LogP contribution in [0, 0.1) is 5.92 Å². The van der Waals surface area contributed by atoms with Crippen LogP contribution < -0.4 is 5.32 Å². The van der Waals surface area contributed by atoms with E-state index in [9.17, 15) is 5.11 Å². The lowest BCUT2D eigenvalue weighted by atomic mass is 9.69. The van der Waals surface area contributed by atoms with E-state index in [2.05, 4.69) is 60.8 Å². The lowest BCUT2D eigenvalue weighted by Crippen LogP contribution is -2.91. The predicted octanol–water partition coefficient (Wildman–Crippen LogP) is 4.70. The SMILES string of the molecule is CC1C(c2ccccc2)[NH2+]C(c2ccccc2)CC1(O)Cc1ccccc1Cl. The summed E-state index contributed by atoms with van der Waals surface area (Å²) in [6.07, 6.45) is 1.26. The first kappa shape index (κ1) is 19.2. The summed E-state index contributed by atoms with van der Waals surface area (Å²) in [6.45, 7) is 2.17. The van der Waals surface area contributed by atoms with Crippen molar-refractivity contribution in [2.75, 3.05) is 0 Å². The third kappa shape index (κ3) is 3.86. The van der Waals surface area contributed by atoms with E-state index < -0.39 is 5.60 Å². The summed E-state index contributed by atoms with van der Waals surface area (Å²) in [6, 6.07) is 29.3. The number of hydrogen-bond acceptors (Lipinski definition) is 1. The Hall–Kier alpha value is -2.13. The molecule has 0 radical (unpaired) electrons. The first-order chi connectivity index (χ1) is 13.6. The van der Waals surface area contributed by atoms with Crippen molar-refractivity contribution in [1.82, 2.24) is 0 Å². The Kier molecular flexibility index (Phi) is 5.54. The Morgan fingerprint density at radius 1 is 0.893 bits per heavy atom. The molecule has 3 N–H and O–H groups in total. The van der Waals surface area contributed by atoms with Crippen LogP contribution in [0.4, 0.5) is 0 Å². The van der Waals surface area contributed by atoms with Crippen LogP contribution in [0.1, 0.15) is 42.1 Å². The van der Waals surface area contributed by atoms with E-state index in [-0.39, 0.29) is 18.0 Å². The van der Waals surface area contributed by atoms with Crippen LogP contribution in [0.2, 0.25) is 5.02 Å². The Morgan fingerprint density at radius 2 is 1.46 bits per heavy atom. The molecule has 0 saturated carbocycles. The molecule has 28 heavy (non-hydrogen) atoms. The Labute approximate surface area is 172 Å². The van der Waals surface area contributed by atoms with Crippen LogP contribution in [0.15, 0.2) is 84.9 Å². The molecule has 1 saturated heterocycles. The summed E-state index contributed by atoms with van der Waals surface area (Å²) >= 11 is 6.44. The lowest BCUT2D eigenvalue weighted by molar-refractivity contribution is -0.756. The van der Waals surface area contributed by atoms with Crippen LogP contribution in [0.5, 0.6) is 0 Å². The third-order valence-electron chi connectivity index (χ3n) is 6.27. The zero-order valence-corrected chi connectivity index (χ0v) is 16.9. The number of halogens is 1. The molecule has 3 aromatic rings. The van der Waals surface area contributed by atoms with Crippen LogP contribution in [0.3, 0.4) is 0 Å². The number of hydrogen-bond donors (Lipinski definition) is 2. The summed E-state index contributed by atoms with van der Waals surface area (Å²) in [5.74, 6) is 0.0890. The largest absolute Gasteiger partial charge is 0.389 e. The molecule has 144 valence electrons. The van der Waals surface area contributed by atoms with Gasteiger partial charge in [-0.05, 0) is 11.6 Å². The minimum Gasteiger partial charge on any atom is -0.389 e. The second-order valence-electron chi connectivity index (χ2n) is 8.01. The van der Waals surface area contributed by atoms with Gasteiger partial charge in [-0.2, -0.15) is 0 Å². The van der Waals surface area contributed by atoms with Crippen molar-refractivity contribution in [3.8, 4) is 0 Å². The molecule has 4 unspecified atom stereocenters. The molecule has 0 spiro atoms. The highest BCUT2D eigenvalue weighted by Crippen LogP contribution is 2.41. The highest BCUT2D eigenvalue weighted by Gasteiger charge is 2.49. The summed E-state index contributed by atoms with van der Waals surface area (Å²) in [5.41, 5.74) is 2.70. The maximum Gasteiger partial charge on any atom is 0.117 e. The van der Waals surface area contributed by atoms with E-state index in [1.165, 1.54) is 11.1 Å². The molecule has 4 rings (SSSR count). The average molecular weight is 393 g/mol. The van der Waals surface area contributed by atoms with E-state index in [0.29, 0.717) is 12.8 Å². The molecule has 0 aliphatic carbocycles. The fraction of sp³-hybridized carbons (Fsp3) is 0.280. The molecule has 0 amide bonds. The second-order valence-corrected chi connectivity index (χ2v) is 8.42. The van der Waals surface area contributed by atoms with Gasteiger partial charge in [0.25, 0.3) is 0 Å². The summed E-state index contributed by atoms with van der Waals surface area (Å²) in [7, 11) is 0. The standard InChI is InChI=1S/C25H26ClNO/c1-18-24(20-12-6-3-7-13-20)27-23(19-10-4-2-5-11-19)17-25(18,28)16-21-14-8-9-15-22(21)26/h2-15,18,23-24,27-28H,16-17H2,1H3/p+1. The first-order valence-electron chi connectivity index (χ1n) is 9.97. The fourth-order valence-electron chi connectivity index (χ4n) is 4.59. The molecule has 2 nitrogen and oxygen atoms in total. The van der Waals surface area contributed by atoms with Gasteiger partial charge in [0.2, 0.25) is 0 Å². The van der Waals surface area contributed by atoms with Crippen molar-refractivity contribution >= 4 is 11.6 Å². The van der Waals surface area contributed by atoms with Crippen molar-refractivity contribution in [2.45, 2.75) is 37.5 Å². The van der Waals surface area contributed by atoms with Crippen molar-refractivity contribution in [3.63, 3.8) is 0 Å². The molecule has 4 atom stereocenters. The van der Waals surface area contributed by atoms with E-state index >= 15 is 0 Å². The van der Waals surface area contributed by atoms with Crippen molar-refractivity contribution in [2.24, 2.45) is 5.92 Å². The van der Waals surface area contributed by atoms with Gasteiger partial charge in [0.15, 0.2) is 0 Å². The number of benzene rings is 3. The average Bonchev–Trinajstić information content (AvgIpc) is 2.73. The molecule has 0 aromatic heterocycles. The van der Waals surface area contributed by atoms with Crippen molar-refractivity contribution < 1.29 is 10.4 Å². The van der Waals surface area contributed by atoms with E-state index in [0.717, 1.165) is 10.6 Å². The van der Waals surface area contributed by atoms with Crippen LogP contribution in [-0.4, -0.2) is 10.7 Å². The zero-order valence-electron chi connectivity index (χ0n) is 16.1. The van der Waals surface area contributed by atoms with Gasteiger partial charge in [-0.25, -0.2) is 0 Å². The van der Waals surface area contributed by atoms with Gasteiger partial charge in [-0.3, -0.25) is 0 Å². The minimum atomic E-state index is -0.833. The maximum absolute atomic E-state index is 11.9. The third-order valence-corrected chi connectivity index (χ3v) is 6.63. The summed E-state index contributed by atoms with van der Waals surface area (Å²) in [4.78, 5) is 0. The molecule has 1 aliphatic heterocycles. The van der Waals surface area contributed by atoms with E-state index in [1.54, 1.807) is 0 Å². The van der Waals surface area contributed by atoms with Crippen LogP contribution >= 0.6 is 11.6 Å². The number of rotatable bonds is 4. The second kappa shape index (κ2) is 8.08. The van der Waals surface area contributed by atoms with Crippen LogP contribution in [-0.2, 0) is 6.42 Å². The monoisotopic (exact) mass is 392 g/mol. The fourth-order valence-corrected chi connectivity index (χ4v) is 4.80. The molecule has 1 heterocycles. The predicted molar refractivity (Wildman–Crippen MR) is 114 cm³/mol. The number of piperidine rings is 1. The van der Waals surface area contributed by atoms with Gasteiger partial charge in [0.1, 0.15) is 12.1 Å². The lowest BCUT2D eigenvalue weighted by Gasteiger charge is -2.45. The van der Waals surface area contributed by atoms with E-state index in [4.69, 9.17) is 11.6 Å². The van der Waals surface area contributed by atoms with Gasteiger partial charge in [0, 0.05) is 34.9 Å². The zero-order chi connectivity index (χ0) is 19.6. The highest BCUT2D eigenvalue weighted by molar-refractivity contribution is 6.31. The minimum absolute atomic E-state index is 0.0890. The Morgan fingerprint density at radius 3 is 2.11 bits per heavy atom. The molecule has 3 aromatic carbocycles. The molecule has 1 aliphatic rings. The summed E-state index contributed by atoms with van der Waals surface area (Å²) < 4.78 is 0. The number of aliphatic hydroxyl groups is 1. The summed E-state index contributed by atoms with van der Waals surface area (Å²) in [5, 5.41) is 15.1. The Bertz CT molecular complexity index is 914. The normalized spacial score (nSPS) is 27.5. The quantitative estimate of drug-likeness (QED) is 0.663. The maximum atomic E-state index is 11.9. The van der Waals surface area contributed by atoms with Crippen molar-refractivity contribution in [3.05, 3.63) is 107 Å². The van der Waals surface area contributed by atoms with Gasteiger partial charge in [-0.1, -0.05) is 97.4 Å². The molecular formula is C25H27ClNO+. The van der Waals surface area contributed by atoms with Crippen molar-refractivity contribution in [1.29, 1.82) is 0 Å². The molecule has 3 heteroatoms. The first-order valence-corrected chi connectivity index (χ1v) is 10.4.